The van der Waals surface area contributed by atoms with Gasteiger partial charge in [-0.2, -0.15) is 0 Å². The van der Waals surface area contributed by atoms with E-state index in [0.29, 0.717) is 25.3 Å². The maximum absolute atomic E-state index is 12.5. The molecule has 4 heterocycles. The zero-order valence-electron chi connectivity index (χ0n) is 15.1. The quantitative estimate of drug-likeness (QED) is 0.575. The first-order valence-electron chi connectivity index (χ1n) is 9.15. The fourth-order valence-electron chi connectivity index (χ4n) is 3.51. The van der Waals surface area contributed by atoms with Gasteiger partial charge in [0.25, 0.3) is 5.56 Å². The number of rotatable bonds is 4. The minimum atomic E-state index is -0.0270. The summed E-state index contributed by atoms with van der Waals surface area (Å²) in [4.78, 5) is 23.3. The lowest BCUT2D eigenvalue weighted by molar-refractivity contribution is 0.233. The van der Waals surface area contributed by atoms with Gasteiger partial charge in [0.15, 0.2) is 11.6 Å². The minimum Gasteiger partial charge on any atom is -0.356 e. The Morgan fingerprint density at radius 1 is 1.18 bits per heavy atom. The minimum absolute atomic E-state index is 0.0270. The standard InChI is InChI=1S/C21H18N4O2S/c26-21-16-8-9-25(13-17(16)22-20(23-21)19-7-4-10-28-19)12-15-11-18(27-24-15)14-5-2-1-3-6-14/h1-7,10-11H,8-9,12-13H2,(H,22,23,26). The molecule has 0 fully saturated rings. The van der Waals surface area contributed by atoms with Crippen LogP contribution in [0.25, 0.3) is 22.0 Å². The largest absolute Gasteiger partial charge is 0.356 e. The van der Waals surface area contributed by atoms with Gasteiger partial charge in [-0.25, -0.2) is 4.98 Å². The third kappa shape index (κ3) is 3.30. The Balaban J connectivity index is 1.36. The summed E-state index contributed by atoms with van der Waals surface area (Å²) in [6, 6.07) is 15.9. The van der Waals surface area contributed by atoms with Crippen molar-refractivity contribution in [3.8, 4) is 22.0 Å². The molecule has 140 valence electrons. The van der Waals surface area contributed by atoms with Gasteiger partial charge in [0.1, 0.15) is 0 Å². The van der Waals surface area contributed by atoms with Crippen molar-refractivity contribution in [2.75, 3.05) is 6.54 Å². The molecule has 0 bridgehead atoms. The van der Waals surface area contributed by atoms with E-state index in [1.54, 1.807) is 11.3 Å². The molecule has 0 amide bonds. The lowest BCUT2D eigenvalue weighted by atomic mass is 10.1. The summed E-state index contributed by atoms with van der Waals surface area (Å²) in [7, 11) is 0. The topological polar surface area (TPSA) is 75.0 Å². The average molecular weight is 390 g/mol. The summed E-state index contributed by atoms with van der Waals surface area (Å²) in [6.45, 7) is 2.09. The van der Waals surface area contributed by atoms with E-state index >= 15 is 0 Å². The van der Waals surface area contributed by atoms with Gasteiger partial charge in [0, 0.05) is 36.8 Å². The highest BCUT2D eigenvalue weighted by Crippen LogP contribution is 2.24. The van der Waals surface area contributed by atoms with Crippen LogP contribution in [0, 0.1) is 0 Å². The molecular formula is C21H18N4O2S. The van der Waals surface area contributed by atoms with Crippen LogP contribution >= 0.6 is 11.3 Å². The number of nitrogens with zero attached hydrogens (tertiary/aromatic N) is 3. The van der Waals surface area contributed by atoms with Crippen LogP contribution in [0.4, 0.5) is 0 Å². The molecule has 1 aliphatic heterocycles. The third-order valence-electron chi connectivity index (χ3n) is 4.91. The summed E-state index contributed by atoms with van der Waals surface area (Å²) in [5.41, 5.74) is 3.51. The van der Waals surface area contributed by atoms with Crippen LogP contribution in [0.2, 0.25) is 0 Å². The second-order valence-electron chi connectivity index (χ2n) is 6.83. The van der Waals surface area contributed by atoms with Crippen LogP contribution in [-0.4, -0.2) is 26.6 Å². The maximum Gasteiger partial charge on any atom is 0.254 e. The van der Waals surface area contributed by atoms with Crippen molar-refractivity contribution in [1.29, 1.82) is 0 Å². The monoisotopic (exact) mass is 390 g/mol. The fraction of sp³-hybridized carbons (Fsp3) is 0.190. The van der Waals surface area contributed by atoms with Gasteiger partial charge >= 0.3 is 0 Å². The molecule has 0 atom stereocenters. The maximum atomic E-state index is 12.5. The molecule has 0 saturated carbocycles. The molecule has 7 heteroatoms. The first-order chi connectivity index (χ1) is 13.8. The summed E-state index contributed by atoms with van der Waals surface area (Å²) in [5, 5.41) is 6.20. The van der Waals surface area contributed by atoms with E-state index in [4.69, 9.17) is 9.51 Å². The van der Waals surface area contributed by atoms with Crippen LogP contribution in [0.3, 0.4) is 0 Å². The van der Waals surface area contributed by atoms with Crippen molar-refractivity contribution >= 4 is 11.3 Å². The molecule has 5 rings (SSSR count). The van der Waals surface area contributed by atoms with Gasteiger partial charge in [0.2, 0.25) is 0 Å². The number of benzene rings is 1. The van der Waals surface area contributed by atoms with Gasteiger partial charge in [-0.3, -0.25) is 9.69 Å². The number of hydrogen-bond donors (Lipinski definition) is 1. The Hall–Kier alpha value is -3.03. The van der Waals surface area contributed by atoms with Gasteiger partial charge in [-0.1, -0.05) is 41.6 Å². The second kappa shape index (κ2) is 7.18. The van der Waals surface area contributed by atoms with E-state index in [-0.39, 0.29) is 5.56 Å². The molecule has 0 radical (unpaired) electrons. The van der Waals surface area contributed by atoms with Crippen molar-refractivity contribution in [2.45, 2.75) is 19.5 Å². The summed E-state index contributed by atoms with van der Waals surface area (Å²) in [6.07, 6.45) is 0.686. The van der Waals surface area contributed by atoms with Gasteiger partial charge in [0.05, 0.1) is 16.3 Å². The van der Waals surface area contributed by atoms with Crippen LogP contribution in [-0.2, 0) is 19.5 Å². The number of fused-ring (bicyclic) bond motifs is 1. The Labute approximate surface area is 165 Å². The number of aromatic amines is 1. The smallest absolute Gasteiger partial charge is 0.254 e. The number of thiophene rings is 1. The van der Waals surface area contributed by atoms with Gasteiger partial charge < -0.3 is 9.51 Å². The molecule has 0 aliphatic carbocycles. The highest BCUT2D eigenvalue weighted by atomic mass is 32.1. The highest BCUT2D eigenvalue weighted by molar-refractivity contribution is 7.13. The number of H-pyrrole nitrogens is 1. The SMILES string of the molecule is O=c1[nH]c(-c2cccs2)nc2c1CCN(Cc1cc(-c3ccccc3)on1)C2. The van der Waals surface area contributed by atoms with E-state index < -0.39 is 0 Å². The Morgan fingerprint density at radius 2 is 2.07 bits per heavy atom. The Bertz CT molecular complexity index is 1150. The second-order valence-corrected chi connectivity index (χ2v) is 7.77. The molecule has 1 aromatic carbocycles. The molecule has 6 nitrogen and oxygen atoms in total. The van der Waals surface area contributed by atoms with Crippen LogP contribution in [0.15, 0.2) is 63.2 Å². The van der Waals surface area contributed by atoms with Gasteiger partial charge in [-0.15, -0.1) is 11.3 Å². The van der Waals surface area contributed by atoms with Crippen LogP contribution in [0.1, 0.15) is 17.0 Å². The highest BCUT2D eigenvalue weighted by Gasteiger charge is 2.22. The lowest BCUT2D eigenvalue weighted by Crippen LogP contribution is -2.35. The molecule has 0 spiro atoms. The van der Waals surface area contributed by atoms with E-state index in [9.17, 15) is 4.79 Å². The zero-order valence-corrected chi connectivity index (χ0v) is 15.9. The predicted molar refractivity (Wildman–Crippen MR) is 108 cm³/mol. The van der Waals surface area contributed by atoms with E-state index in [1.165, 1.54) is 0 Å². The van der Waals surface area contributed by atoms with Gasteiger partial charge in [-0.05, 0) is 17.9 Å². The van der Waals surface area contributed by atoms with Crippen molar-refractivity contribution in [1.82, 2.24) is 20.0 Å². The lowest BCUT2D eigenvalue weighted by Gasteiger charge is -2.26. The van der Waals surface area contributed by atoms with E-state index in [0.717, 1.165) is 39.7 Å². The molecule has 4 aromatic rings. The normalized spacial score (nSPS) is 14.1. The van der Waals surface area contributed by atoms with E-state index in [2.05, 4.69) is 15.0 Å². The van der Waals surface area contributed by atoms with Crippen molar-refractivity contribution in [3.63, 3.8) is 0 Å². The molecule has 1 aliphatic rings. The number of hydrogen-bond acceptors (Lipinski definition) is 6. The summed E-state index contributed by atoms with van der Waals surface area (Å²) in [5.74, 6) is 1.41. The van der Waals surface area contributed by atoms with Crippen LogP contribution in [0.5, 0.6) is 0 Å². The number of aromatic nitrogens is 3. The molecule has 0 saturated heterocycles. The van der Waals surface area contributed by atoms with Crippen molar-refractivity contribution < 1.29 is 4.52 Å². The summed E-state index contributed by atoms with van der Waals surface area (Å²) < 4.78 is 5.50. The first-order valence-corrected chi connectivity index (χ1v) is 10.0. The predicted octanol–water partition coefficient (Wildman–Crippen LogP) is 3.71. The Morgan fingerprint density at radius 3 is 2.89 bits per heavy atom. The van der Waals surface area contributed by atoms with E-state index in [1.807, 2.05) is 53.9 Å². The molecular weight excluding hydrogens is 372 g/mol. The third-order valence-corrected chi connectivity index (χ3v) is 5.79. The van der Waals surface area contributed by atoms with Crippen molar-refractivity contribution in [3.05, 3.63) is 81.2 Å². The first kappa shape index (κ1) is 17.1. The molecule has 1 N–H and O–H groups in total. The number of nitrogens with one attached hydrogen (secondary N) is 1. The Kier molecular flexibility index (Phi) is 4.38. The fourth-order valence-corrected chi connectivity index (χ4v) is 4.18. The summed E-state index contributed by atoms with van der Waals surface area (Å²) >= 11 is 1.57. The van der Waals surface area contributed by atoms with Crippen LogP contribution < -0.4 is 5.56 Å². The average Bonchev–Trinajstić information content (AvgIpc) is 3.41. The van der Waals surface area contributed by atoms with Crippen molar-refractivity contribution in [2.24, 2.45) is 0 Å². The molecule has 3 aromatic heterocycles. The zero-order chi connectivity index (χ0) is 18.9. The molecule has 0 unspecified atom stereocenters. The molecule has 28 heavy (non-hydrogen) atoms.